The summed E-state index contributed by atoms with van der Waals surface area (Å²) in [6.45, 7) is 2.80. The molecule has 0 radical (unpaired) electrons. The predicted molar refractivity (Wildman–Crippen MR) is 76.9 cm³/mol. The summed E-state index contributed by atoms with van der Waals surface area (Å²) in [7, 11) is 0. The zero-order valence-corrected chi connectivity index (χ0v) is 12.4. The van der Waals surface area contributed by atoms with Gasteiger partial charge >= 0.3 is 0 Å². The van der Waals surface area contributed by atoms with Gasteiger partial charge in [0.15, 0.2) is 0 Å². The monoisotopic (exact) mass is 324 g/mol. The Morgan fingerprint density at radius 2 is 2.00 bits per heavy atom. The molecule has 1 saturated heterocycles. The fourth-order valence-corrected chi connectivity index (χ4v) is 2.63. The first kappa shape index (κ1) is 14.1. The van der Waals surface area contributed by atoms with Gasteiger partial charge in [0.1, 0.15) is 0 Å². The van der Waals surface area contributed by atoms with E-state index in [1.54, 1.807) is 4.90 Å². The number of carbonyl (C=O) groups excluding carboxylic acids is 2. The van der Waals surface area contributed by atoms with E-state index < -0.39 is 5.41 Å². The molecule has 2 N–H and O–H groups in total. The van der Waals surface area contributed by atoms with Crippen molar-refractivity contribution < 1.29 is 9.59 Å². The second kappa shape index (κ2) is 5.33. The van der Waals surface area contributed by atoms with Crippen molar-refractivity contribution in [1.29, 1.82) is 0 Å². The number of hydrogen-bond acceptors (Lipinski definition) is 2. The maximum absolute atomic E-state index is 12.3. The number of alkyl halides is 1. The molecule has 1 aromatic carbocycles. The van der Waals surface area contributed by atoms with Crippen molar-refractivity contribution in [3.05, 3.63) is 35.4 Å². The number of hydrogen-bond donors (Lipinski definition) is 1. The summed E-state index contributed by atoms with van der Waals surface area (Å²) in [5.74, 6) is -0.372. The molecule has 0 aliphatic carbocycles. The molecule has 1 fully saturated rings. The molecule has 4 nitrogen and oxygen atoms in total. The van der Waals surface area contributed by atoms with Crippen LogP contribution >= 0.6 is 15.9 Å². The maximum Gasteiger partial charge on any atom is 0.253 e. The minimum absolute atomic E-state index is 0.0360. The summed E-state index contributed by atoms with van der Waals surface area (Å²) in [6.07, 6.45) is 0.632. The first-order valence-corrected chi connectivity index (χ1v) is 7.32. The Bertz CT molecular complexity index is 501. The molecule has 1 aliphatic heterocycles. The topological polar surface area (TPSA) is 63.4 Å². The Balaban J connectivity index is 2.11. The highest BCUT2D eigenvalue weighted by atomic mass is 79.9. The van der Waals surface area contributed by atoms with E-state index in [0.29, 0.717) is 25.1 Å². The first-order chi connectivity index (χ1) is 8.96. The van der Waals surface area contributed by atoms with Gasteiger partial charge in [-0.15, -0.1) is 0 Å². The van der Waals surface area contributed by atoms with Gasteiger partial charge in [-0.3, -0.25) is 9.59 Å². The number of carbonyl (C=O) groups is 2. The van der Waals surface area contributed by atoms with Crippen LogP contribution in [0.4, 0.5) is 0 Å². The lowest BCUT2D eigenvalue weighted by Crippen LogP contribution is -2.38. The highest BCUT2D eigenvalue weighted by Crippen LogP contribution is 2.30. The van der Waals surface area contributed by atoms with Crippen LogP contribution in [0.2, 0.25) is 0 Å². The number of halogens is 1. The molecular formula is C14H17BrN2O2. The molecule has 1 aliphatic rings. The fraction of sp³-hybridized carbons (Fsp3) is 0.429. The van der Waals surface area contributed by atoms with E-state index in [-0.39, 0.29) is 11.8 Å². The molecule has 2 amide bonds. The van der Waals surface area contributed by atoms with Gasteiger partial charge in [-0.25, -0.2) is 0 Å². The first-order valence-electron chi connectivity index (χ1n) is 6.20. The predicted octanol–water partition coefficient (Wildman–Crippen LogP) is 1.92. The highest BCUT2D eigenvalue weighted by Gasteiger charge is 2.40. The fourth-order valence-electron chi connectivity index (χ4n) is 2.25. The minimum atomic E-state index is -0.592. The molecule has 0 spiro atoms. The summed E-state index contributed by atoms with van der Waals surface area (Å²) >= 11 is 3.37. The van der Waals surface area contributed by atoms with Crippen molar-refractivity contribution in [2.45, 2.75) is 18.7 Å². The Kier molecular flexibility index (Phi) is 3.94. The van der Waals surface area contributed by atoms with Crippen LogP contribution < -0.4 is 5.73 Å². The largest absolute Gasteiger partial charge is 0.369 e. The van der Waals surface area contributed by atoms with Crippen molar-refractivity contribution in [3.63, 3.8) is 0 Å². The normalized spacial score (nSPS) is 22.5. The van der Waals surface area contributed by atoms with Crippen molar-refractivity contribution in [2.24, 2.45) is 11.1 Å². The van der Waals surface area contributed by atoms with Gasteiger partial charge in [-0.2, -0.15) is 0 Å². The van der Waals surface area contributed by atoms with E-state index in [1.165, 1.54) is 0 Å². The third-order valence-electron chi connectivity index (χ3n) is 3.71. The number of nitrogens with two attached hydrogens (primary N) is 1. The molecule has 102 valence electrons. The lowest BCUT2D eigenvalue weighted by molar-refractivity contribution is -0.126. The van der Waals surface area contributed by atoms with Crippen molar-refractivity contribution in [1.82, 2.24) is 4.90 Å². The molecule has 0 saturated carbocycles. The quantitative estimate of drug-likeness (QED) is 0.863. The summed E-state index contributed by atoms with van der Waals surface area (Å²) in [5.41, 5.74) is 6.57. The van der Waals surface area contributed by atoms with Gasteiger partial charge in [-0.05, 0) is 31.0 Å². The Hall–Kier alpha value is -1.36. The lowest BCUT2D eigenvalue weighted by Gasteiger charge is -2.21. The zero-order valence-electron chi connectivity index (χ0n) is 10.9. The van der Waals surface area contributed by atoms with Crippen LogP contribution in [0.1, 0.15) is 29.3 Å². The van der Waals surface area contributed by atoms with Crippen LogP contribution in [-0.2, 0) is 10.1 Å². The third-order valence-corrected chi connectivity index (χ3v) is 4.36. The van der Waals surface area contributed by atoms with E-state index in [1.807, 2.05) is 31.2 Å². The number of primary amides is 1. The molecule has 1 aromatic rings. The number of benzene rings is 1. The van der Waals surface area contributed by atoms with Crippen molar-refractivity contribution in [2.75, 3.05) is 13.1 Å². The molecular weight excluding hydrogens is 308 g/mol. The SMILES string of the molecule is CC1(C(N)=O)CCN(C(=O)c2ccc(CBr)cc2)C1. The number of rotatable bonds is 3. The maximum atomic E-state index is 12.3. The molecule has 2 rings (SSSR count). The number of likely N-dealkylation sites (tertiary alicyclic amines) is 1. The van der Waals surface area contributed by atoms with Gasteiger partial charge in [0.2, 0.25) is 5.91 Å². The van der Waals surface area contributed by atoms with Crippen LogP contribution in [0.5, 0.6) is 0 Å². The van der Waals surface area contributed by atoms with Crippen LogP contribution in [-0.4, -0.2) is 29.8 Å². The van der Waals surface area contributed by atoms with Crippen molar-refractivity contribution in [3.8, 4) is 0 Å². The van der Waals surface area contributed by atoms with E-state index in [4.69, 9.17) is 5.73 Å². The average Bonchev–Trinajstić information content (AvgIpc) is 2.82. The average molecular weight is 325 g/mol. The van der Waals surface area contributed by atoms with E-state index >= 15 is 0 Å². The van der Waals surface area contributed by atoms with Gasteiger partial charge in [0, 0.05) is 24.0 Å². The standard InChI is InChI=1S/C14H17BrN2O2/c1-14(13(16)19)6-7-17(9-14)12(18)11-4-2-10(8-15)3-5-11/h2-5H,6-9H2,1H3,(H2,16,19). The van der Waals surface area contributed by atoms with Gasteiger partial charge in [0.25, 0.3) is 5.91 Å². The Morgan fingerprint density at radius 1 is 1.37 bits per heavy atom. The molecule has 0 aromatic heterocycles. The summed E-state index contributed by atoms with van der Waals surface area (Å²) in [6, 6.07) is 7.48. The molecule has 1 heterocycles. The van der Waals surface area contributed by atoms with E-state index in [2.05, 4.69) is 15.9 Å². The molecule has 19 heavy (non-hydrogen) atoms. The number of amides is 2. The van der Waals surface area contributed by atoms with Crippen LogP contribution in [0.3, 0.4) is 0 Å². The Labute approximate surface area is 121 Å². The van der Waals surface area contributed by atoms with Crippen LogP contribution in [0, 0.1) is 5.41 Å². The second-order valence-electron chi connectivity index (χ2n) is 5.23. The van der Waals surface area contributed by atoms with E-state index in [9.17, 15) is 9.59 Å². The summed E-state index contributed by atoms with van der Waals surface area (Å²) < 4.78 is 0. The van der Waals surface area contributed by atoms with Gasteiger partial charge in [0.05, 0.1) is 5.41 Å². The minimum Gasteiger partial charge on any atom is -0.369 e. The number of nitrogens with zero attached hydrogens (tertiary/aromatic N) is 1. The highest BCUT2D eigenvalue weighted by molar-refractivity contribution is 9.08. The molecule has 0 bridgehead atoms. The second-order valence-corrected chi connectivity index (χ2v) is 5.79. The summed E-state index contributed by atoms with van der Waals surface area (Å²) in [4.78, 5) is 25.4. The van der Waals surface area contributed by atoms with Gasteiger partial charge < -0.3 is 10.6 Å². The van der Waals surface area contributed by atoms with Gasteiger partial charge in [-0.1, -0.05) is 28.1 Å². The molecule has 1 atom stereocenters. The third kappa shape index (κ3) is 2.81. The summed E-state index contributed by atoms with van der Waals surface area (Å²) in [5, 5.41) is 0.769. The Morgan fingerprint density at radius 3 is 2.47 bits per heavy atom. The molecule has 1 unspecified atom stereocenters. The van der Waals surface area contributed by atoms with Crippen LogP contribution in [0.15, 0.2) is 24.3 Å². The molecule has 5 heteroatoms. The smallest absolute Gasteiger partial charge is 0.253 e. The van der Waals surface area contributed by atoms with E-state index in [0.717, 1.165) is 10.9 Å². The lowest BCUT2D eigenvalue weighted by atomic mass is 9.89. The zero-order chi connectivity index (χ0) is 14.0. The van der Waals surface area contributed by atoms with Crippen LogP contribution in [0.25, 0.3) is 0 Å². The van der Waals surface area contributed by atoms with Crippen molar-refractivity contribution >= 4 is 27.7 Å².